The third-order valence-electron chi connectivity index (χ3n) is 2.72. The van der Waals surface area contributed by atoms with Gasteiger partial charge in [-0.2, -0.15) is 0 Å². The van der Waals surface area contributed by atoms with Gasteiger partial charge in [0.2, 0.25) is 0 Å². The number of rotatable bonds is 2. The molecule has 0 aliphatic carbocycles. The second-order valence-electron chi connectivity index (χ2n) is 4.20. The number of carbonyl (C=O) groups excluding carboxylic acids is 1. The molecule has 0 saturated heterocycles. The molecule has 0 spiro atoms. The first kappa shape index (κ1) is 23.2. The molecule has 0 aromatic heterocycles. The summed E-state index contributed by atoms with van der Waals surface area (Å²) in [4.78, 5) is 11.0. The smallest absolute Gasteiger partial charge is 0.337 e. The lowest BCUT2D eigenvalue weighted by molar-refractivity contribution is 0.0600. The fraction of sp³-hybridized carbons (Fsp3) is 0.381. The molecular weight excluding hydrogens is 284 g/mol. The van der Waals surface area contributed by atoms with Crippen LogP contribution in [0.15, 0.2) is 54.6 Å². The van der Waals surface area contributed by atoms with Crippen LogP contribution in [0.2, 0.25) is 0 Å². The molecule has 2 nitrogen and oxygen atoms in total. The Balaban J connectivity index is 0. The van der Waals surface area contributed by atoms with E-state index in [1.807, 2.05) is 58.0 Å². The number of benzene rings is 2. The molecule has 0 aliphatic heterocycles. The summed E-state index contributed by atoms with van der Waals surface area (Å²) in [5.74, 6) is -0.280. The van der Waals surface area contributed by atoms with E-state index in [9.17, 15) is 4.79 Å². The molecule has 0 saturated carbocycles. The predicted octanol–water partition coefficient (Wildman–Crippen LogP) is 6.08. The molecule has 0 unspecified atom stereocenters. The molecule has 128 valence electrons. The highest BCUT2D eigenvalue weighted by molar-refractivity contribution is 5.89. The van der Waals surface area contributed by atoms with Crippen LogP contribution in [0, 0.1) is 6.92 Å². The fourth-order valence-electron chi connectivity index (χ4n) is 1.53. The lowest BCUT2D eigenvalue weighted by Crippen LogP contribution is -2.00. The summed E-state index contributed by atoms with van der Waals surface area (Å²) in [6.07, 6.45) is 0.988. The first-order valence-electron chi connectivity index (χ1n) is 8.36. The molecule has 0 atom stereocenters. The van der Waals surface area contributed by atoms with Gasteiger partial charge < -0.3 is 4.74 Å². The molecule has 2 aromatic rings. The second kappa shape index (κ2) is 16.3. The first-order chi connectivity index (χ1) is 11.2. The van der Waals surface area contributed by atoms with Crippen molar-refractivity contribution in [3.8, 4) is 0 Å². The fourth-order valence-corrected chi connectivity index (χ4v) is 1.53. The van der Waals surface area contributed by atoms with Crippen LogP contribution in [0.5, 0.6) is 0 Å². The average molecular weight is 316 g/mol. The molecule has 0 aliphatic rings. The second-order valence-corrected chi connectivity index (χ2v) is 4.20. The van der Waals surface area contributed by atoms with Gasteiger partial charge in [-0.05, 0) is 31.0 Å². The van der Waals surface area contributed by atoms with Gasteiger partial charge in [-0.1, -0.05) is 82.6 Å². The molecule has 0 radical (unpaired) electrons. The maximum atomic E-state index is 11.0. The highest BCUT2D eigenvalue weighted by Gasteiger charge is 2.02. The summed E-state index contributed by atoms with van der Waals surface area (Å²) in [7, 11) is 1.38. The molecule has 2 heteroatoms. The summed E-state index contributed by atoms with van der Waals surface area (Å²) in [5.41, 5.74) is 3.15. The number of hydrogen-bond acceptors (Lipinski definition) is 2. The van der Waals surface area contributed by atoms with Crippen molar-refractivity contribution in [1.82, 2.24) is 0 Å². The Labute approximate surface area is 142 Å². The van der Waals surface area contributed by atoms with Crippen LogP contribution in [-0.2, 0) is 11.2 Å². The van der Waals surface area contributed by atoms with Crippen molar-refractivity contribution < 1.29 is 9.53 Å². The number of carbonyl (C=O) groups is 1. The maximum absolute atomic E-state index is 11.0. The molecule has 2 aromatic carbocycles. The molecule has 0 N–H and O–H groups in total. The van der Waals surface area contributed by atoms with Gasteiger partial charge in [-0.25, -0.2) is 4.79 Å². The van der Waals surface area contributed by atoms with Gasteiger partial charge in [-0.15, -0.1) is 0 Å². The van der Waals surface area contributed by atoms with Crippen LogP contribution >= 0.6 is 0 Å². The van der Waals surface area contributed by atoms with Gasteiger partial charge in [0.1, 0.15) is 0 Å². The molecule has 2 rings (SSSR count). The van der Waals surface area contributed by atoms with Crippen molar-refractivity contribution >= 4 is 5.97 Å². The van der Waals surface area contributed by atoms with E-state index in [0.29, 0.717) is 5.56 Å². The van der Waals surface area contributed by atoms with E-state index in [-0.39, 0.29) is 5.97 Å². The standard InChI is InChI=1S/C10H12O2.C7H8.2C2H6/c1-3-8-4-6-9(7-5-8)10(11)12-2;1-7-5-3-2-4-6-7;2*1-2/h4-7H,3H2,1-2H3;2-6H,1H3;2*1-2H3. The molecule has 0 amide bonds. The van der Waals surface area contributed by atoms with E-state index in [1.165, 1.54) is 18.2 Å². The summed E-state index contributed by atoms with van der Waals surface area (Å²) in [5, 5.41) is 0. The largest absolute Gasteiger partial charge is 0.465 e. The highest BCUT2D eigenvalue weighted by atomic mass is 16.5. The number of hydrogen-bond donors (Lipinski definition) is 0. The zero-order chi connectivity index (χ0) is 18.1. The number of esters is 1. The maximum Gasteiger partial charge on any atom is 0.337 e. The van der Waals surface area contributed by atoms with Crippen LogP contribution < -0.4 is 0 Å². The quantitative estimate of drug-likeness (QED) is 0.627. The van der Waals surface area contributed by atoms with Crippen molar-refractivity contribution in [1.29, 1.82) is 0 Å². The Morgan fingerprint density at radius 3 is 1.65 bits per heavy atom. The highest BCUT2D eigenvalue weighted by Crippen LogP contribution is 2.05. The number of ether oxygens (including phenoxy) is 1. The molecule has 23 heavy (non-hydrogen) atoms. The third-order valence-corrected chi connectivity index (χ3v) is 2.72. The minimum absolute atomic E-state index is 0.280. The van der Waals surface area contributed by atoms with E-state index >= 15 is 0 Å². The predicted molar refractivity (Wildman–Crippen MR) is 101 cm³/mol. The van der Waals surface area contributed by atoms with Crippen molar-refractivity contribution in [3.63, 3.8) is 0 Å². The Hall–Kier alpha value is -2.09. The number of aryl methyl sites for hydroxylation is 2. The lowest BCUT2D eigenvalue weighted by Gasteiger charge is -1.99. The Bertz CT molecular complexity index is 487. The van der Waals surface area contributed by atoms with Crippen molar-refractivity contribution in [3.05, 3.63) is 71.3 Å². The zero-order valence-corrected chi connectivity index (χ0v) is 15.7. The minimum atomic E-state index is -0.280. The Morgan fingerprint density at radius 2 is 1.35 bits per heavy atom. The molecule has 0 fully saturated rings. The molecular formula is C21H32O2. The van der Waals surface area contributed by atoms with Gasteiger partial charge in [-0.3, -0.25) is 0 Å². The Kier molecular flexibility index (Phi) is 16.4. The summed E-state index contributed by atoms with van der Waals surface area (Å²) >= 11 is 0. The van der Waals surface area contributed by atoms with E-state index in [1.54, 1.807) is 12.1 Å². The monoisotopic (exact) mass is 316 g/mol. The molecule has 0 bridgehead atoms. The van der Waals surface area contributed by atoms with Crippen LogP contribution in [0.3, 0.4) is 0 Å². The van der Waals surface area contributed by atoms with Crippen LogP contribution in [0.25, 0.3) is 0 Å². The topological polar surface area (TPSA) is 26.3 Å². The van der Waals surface area contributed by atoms with Gasteiger partial charge in [0.05, 0.1) is 12.7 Å². The van der Waals surface area contributed by atoms with Gasteiger partial charge in [0.15, 0.2) is 0 Å². The van der Waals surface area contributed by atoms with Crippen LogP contribution in [0.4, 0.5) is 0 Å². The van der Waals surface area contributed by atoms with Crippen molar-refractivity contribution in [2.75, 3.05) is 7.11 Å². The molecule has 0 heterocycles. The first-order valence-corrected chi connectivity index (χ1v) is 8.36. The van der Waals surface area contributed by atoms with Gasteiger partial charge in [0, 0.05) is 0 Å². The number of methoxy groups -OCH3 is 1. The van der Waals surface area contributed by atoms with E-state index in [0.717, 1.165) is 6.42 Å². The lowest BCUT2D eigenvalue weighted by atomic mass is 10.1. The van der Waals surface area contributed by atoms with Crippen molar-refractivity contribution in [2.24, 2.45) is 0 Å². The van der Waals surface area contributed by atoms with E-state index in [4.69, 9.17) is 0 Å². The summed E-state index contributed by atoms with van der Waals surface area (Å²) in [6.45, 7) is 12.2. The average Bonchev–Trinajstić information content (AvgIpc) is 2.65. The van der Waals surface area contributed by atoms with E-state index in [2.05, 4.69) is 30.7 Å². The third kappa shape index (κ3) is 11.2. The van der Waals surface area contributed by atoms with Crippen LogP contribution in [0.1, 0.15) is 56.1 Å². The van der Waals surface area contributed by atoms with Gasteiger partial charge >= 0.3 is 5.97 Å². The SMILES string of the molecule is CC.CC.CCc1ccc(C(=O)OC)cc1.Cc1ccccc1. The Morgan fingerprint density at radius 1 is 0.870 bits per heavy atom. The minimum Gasteiger partial charge on any atom is -0.465 e. The van der Waals surface area contributed by atoms with E-state index < -0.39 is 0 Å². The van der Waals surface area contributed by atoms with Gasteiger partial charge in [0.25, 0.3) is 0 Å². The van der Waals surface area contributed by atoms with Crippen LogP contribution in [-0.4, -0.2) is 13.1 Å². The summed E-state index contributed by atoms with van der Waals surface area (Å²) < 4.78 is 4.57. The summed E-state index contributed by atoms with van der Waals surface area (Å²) in [6, 6.07) is 17.7. The zero-order valence-electron chi connectivity index (χ0n) is 15.7. The van der Waals surface area contributed by atoms with Crippen molar-refractivity contribution in [2.45, 2.75) is 48.0 Å². The normalized spacial score (nSPS) is 8.13.